The first-order chi connectivity index (χ1) is 33.9. The third-order valence-corrected chi connectivity index (χ3v) is 9.45. The molecule has 1 aromatic carbocycles. The Bertz CT molecular complexity index is 2140. The average Bonchev–Trinajstić information content (AvgIpc) is 3.33. The first-order valence-corrected chi connectivity index (χ1v) is 22.9. The van der Waals surface area contributed by atoms with Gasteiger partial charge in [0.15, 0.2) is 11.2 Å². The molecule has 2 aromatic heterocycles. The summed E-state index contributed by atoms with van der Waals surface area (Å²) in [5, 5.41) is 11.9. The Hall–Kier alpha value is -6.05. The number of rotatable bonds is 40. The lowest BCUT2D eigenvalue weighted by molar-refractivity contribution is -0.128. The molecule has 384 valence electrons. The number of nitrogen functional groups attached to an aromatic ring is 1. The highest BCUT2D eigenvalue weighted by Gasteiger charge is 2.33. The number of ether oxygens (including phenoxy) is 9. The molecule has 0 unspecified atom stereocenters. The third-order valence-electron chi connectivity index (χ3n) is 9.45. The molecule has 0 spiro atoms. The van der Waals surface area contributed by atoms with Gasteiger partial charge in [-0.15, -0.1) is 12.8 Å². The van der Waals surface area contributed by atoms with Crippen LogP contribution in [0.25, 0.3) is 11.2 Å². The number of nitrogens with two attached hydrogens (primary N) is 1. The van der Waals surface area contributed by atoms with Crippen LogP contribution < -0.4 is 32.6 Å². The topological polar surface area (TPSA) is 280 Å². The minimum atomic E-state index is -1.00. The van der Waals surface area contributed by atoms with Gasteiger partial charge in [-0.05, 0) is 44.5 Å². The predicted molar refractivity (Wildman–Crippen MR) is 261 cm³/mol. The lowest BCUT2D eigenvalue weighted by Crippen LogP contribution is -2.58. The largest absolute Gasteiger partial charge is 0.379 e. The highest BCUT2D eigenvalue weighted by atomic mass is 16.6. The van der Waals surface area contributed by atoms with Crippen LogP contribution in [-0.4, -0.2) is 175 Å². The van der Waals surface area contributed by atoms with E-state index in [2.05, 4.69) is 59.6 Å². The zero-order valence-electron chi connectivity index (χ0n) is 40.3. The van der Waals surface area contributed by atoms with E-state index in [4.69, 9.17) is 61.2 Å². The lowest BCUT2D eigenvalue weighted by atomic mass is 10.0. The quantitative estimate of drug-likeness (QED) is 0.0265. The summed E-state index contributed by atoms with van der Waals surface area (Å²) in [5.74, 6) is 4.12. The molecule has 0 aliphatic rings. The second-order valence-electron chi connectivity index (χ2n) is 15.8. The van der Waals surface area contributed by atoms with E-state index < -0.39 is 11.1 Å². The van der Waals surface area contributed by atoms with Crippen molar-refractivity contribution in [2.75, 3.05) is 137 Å². The Morgan fingerprint density at radius 3 is 1.90 bits per heavy atom. The number of nitrogens with zero attached hydrogens (tertiary/aromatic N) is 3. The summed E-state index contributed by atoms with van der Waals surface area (Å²) in [6.07, 6.45) is 13.0. The maximum atomic E-state index is 12.8. The van der Waals surface area contributed by atoms with Gasteiger partial charge >= 0.3 is 0 Å². The number of carbonyl (C=O) groups excluding carboxylic acids is 3. The molecular formula is C48H69N9O13. The van der Waals surface area contributed by atoms with Crippen molar-refractivity contribution in [1.82, 2.24) is 35.9 Å². The fourth-order valence-corrected chi connectivity index (χ4v) is 6.06. The first-order valence-electron chi connectivity index (χ1n) is 22.9. The summed E-state index contributed by atoms with van der Waals surface area (Å²) in [7, 11) is 0. The number of hydrogen-bond donors (Lipinski definition) is 6. The van der Waals surface area contributed by atoms with Gasteiger partial charge in [0.05, 0.1) is 124 Å². The van der Waals surface area contributed by atoms with E-state index in [0.29, 0.717) is 110 Å². The SMILES string of the molecule is C#CCOCC(COCC#C)(COCC(=C)C)NC(=O)CCOCCOCCOCCOCCOCCOCCNC(=O)CC[C@@H](C)NC(=O)c1ccc(NCc2cnc3nc(N)[nH]c(=O)c3n2)cc1. The number of carbonyl (C=O) groups is 3. The summed E-state index contributed by atoms with van der Waals surface area (Å²) >= 11 is 0. The van der Waals surface area contributed by atoms with E-state index >= 15 is 0 Å². The Balaban J connectivity index is 1.09. The first kappa shape index (κ1) is 58.3. The van der Waals surface area contributed by atoms with Crippen molar-refractivity contribution < 1.29 is 57.0 Å². The van der Waals surface area contributed by atoms with Gasteiger partial charge < -0.3 is 69.6 Å². The fourth-order valence-electron chi connectivity index (χ4n) is 6.06. The molecule has 0 radical (unpaired) electrons. The number of anilines is 2. The molecule has 22 heteroatoms. The standard InChI is InChI=1S/C48H69N9O13/c1-6-16-68-33-48(34-69-17-7-2,35-70-32-36(3)4)57-42(59)14-18-62-20-22-64-24-26-66-28-29-67-27-25-65-23-21-63-19-15-50-41(58)13-8-37(5)53-45(60)38-9-11-39(12-10-38)51-30-40-31-52-44-43(54-40)46(61)56-47(49)55-44/h1-2,9-12,31,37,51H,3,8,13-30,32-35H2,4-5H3,(H,50,58)(H,53,60)(H,57,59)(H3,49,52,55,56,61)/t37-/m1/s1. The van der Waals surface area contributed by atoms with E-state index in [0.717, 1.165) is 11.3 Å². The maximum Gasteiger partial charge on any atom is 0.280 e. The van der Waals surface area contributed by atoms with Crippen molar-refractivity contribution in [3.05, 3.63) is 64.2 Å². The van der Waals surface area contributed by atoms with Crippen LogP contribution in [0.1, 0.15) is 49.2 Å². The predicted octanol–water partition coefficient (Wildman–Crippen LogP) is 1.16. The molecule has 0 saturated carbocycles. The number of benzene rings is 1. The molecule has 3 rings (SSSR count). The van der Waals surface area contributed by atoms with Gasteiger partial charge in [0.1, 0.15) is 18.8 Å². The summed E-state index contributed by atoms with van der Waals surface area (Å²) < 4.78 is 50.0. The number of amides is 3. The Morgan fingerprint density at radius 2 is 1.33 bits per heavy atom. The van der Waals surface area contributed by atoms with Crippen LogP contribution in [0.4, 0.5) is 11.6 Å². The smallest absolute Gasteiger partial charge is 0.280 e. The molecule has 3 amide bonds. The summed E-state index contributed by atoms with van der Waals surface area (Å²) in [6.45, 7) is 13.1. The fraction of sp³-hybridized carbons (Fsp3) is 0.562. The highest BCUT2D eigenvalue weighted by Crippen LogP contribution is 2.13. The molecule has 2 heterocycles. The molecule has 70 heavy (non-hydrogen) atoms. The number of aromatic amines is 1. The summed E-state index contributed by atoms with van der Waals surface area (Å²) in [4.78, 5) is 64.8. The number of hydrogen-bond acceptors (Lipinski definition) is 18. The van der Waals surface area contributed by atoms with Gasteiger partial charge in [0, 0.05) is 36.7 Å². The van der Waals surface area contributed by atoms with Gasteiger partial charge in [-0.2, -0.15) is 4.98 Å². The van der Waals surface area contributed by atoms with Gasteiger partial charge in [-0.25, -0.2) is 9.97 Å². The minimum Gasteiger partial charge on any atom is -0.379 e. The van der Waals surface area contributed by atoms with Crippen molar-refractivity contribution in [3.63, 3.8) is 0 Å². The maximum absolute atomic E-state index is 12.8. The summed E-state index contributed by atoms with van der Waals surface area (Å²) in [5.41, 5.74) is 6.90. The van der Waals surface area contributed by atoms with Crippen molar-refractivity contribution >= 4 is 40.5 Å². The van der Waals surface area contributed by atoms with Gasteiger partial charge in [-0.1, -0.05) is 24.0 Å². The highest BCUT2D eigenvalue weighted by molar-refractivity contribution is 5.94. The van der Waals surface area contributed by atoms with E-state index in [-0.39, 0.29) is 93.4 Å². The minimum absolute atomic E-state index is 0.0308. The molecule has 7 N–H and O–H groups in total. The van der Waals surface area contributed by atoms with Crippen LogP contribution >= 0.6 is 0 Å². The molecule has 0 saturated heterocycles. The number of nitrogens with one attached hydrogen (secondary N) is 5. The van der Waals surface area contributed by atoms with Crippen molar-refractivity contribution in [3.8, 4) is 24.7 Å². The zero-order chi connectivity index (χ0) is 50.7. The second-order valence-corrected chi connectivity index (χ2v) is 15.8. The monoisotopic (exact) mass is 980 g/mol. The lowest BCUT2D eigenvalue weighted by Gasteiger charge is -2.34. The molecule has 3 aromatic rings. The van der Waals surface area contributed by atoms with Crippen molar-refractivity contribution in [2.45, 2.75) is 51.2 Å². The molecule has 0 aliphatic heterocycles. The van der Waals surface area contributed by atoms with Crippen molar-refractivity contribution in [1.29, 1.82) is 0 Å². The van der Waals surface area contributed by atoms with Crippen LogP contribution in [0, 0.1) is 24.7 Å². The molecule has 0 aliphatic carbocycles. The van der Waals surface area contributed by atoms with Crippen molar-refractivity contribution in [2.24, 2.45) is 0 Å². The van der Waals surface area contributed by atoms with Gasteiger partial charge in [0.25, 0.3) is 11.5 Å². The van der Waals surface area contributed by atoms with E-state index in [9.17, 15) is 19.2 Å². The number of aromatic nitrogens is 4. The Morgan fingerprint density at radius 1 is 0.771 bits per heavy atom. The van der Waals surface area contributed by atoms with Gasteiger partial charge in [0.2, 0.25) is 17.8 Å². The van der Waals surface area contributed by atoms with E-state index in [1.54, 1.807) is 24.3 Å². The molecule has 0 bridgehead atoms. The third kappa shape index (κ3) is 25.5. The number of H-pyrrole nitrogens is 1. The summed E-state index contributed by atoms with van der Waals surface area (Å²) in [6, 6.07) is 6.66. The molecule has 22 nitrogen and oxygen atoms in total. The Kier molecular flexibility index (Phi) is 29.2. The normalized spacial score (nSPS) is 11.7. The molecular weight excluding hydrogens is 911 g/mol. The van der Waals surface area contributed by atoms with Crippen LogP contribution in [0.2, 0.25) is 0 Å². The van der Waals surface area contributed by atoms with Crippen LogP contribution in [0.15, 0.2) is 47.4 Å². The number of terminal acetylenes is 2. The zero-order valence-corrected chi connectivity index (χ0v) is 40.3. The van der Waals surface area contributed by atoms with Crippen LogP contribution in [0.5, 0.6) is 0 Å². The van der Waals surface area contributed by atoms with E-state index in [1.807, 2.05) is 13.8 Å². The average molecular weight is 980 g/mol. The van der Waals surface area contributed by atoms with Crippen LogP contribution in [0.3, 0.4) is 0 Å². The molecule has 0 fully saturated rings. The Labute approximate surface area is 409 Å². The second kappa shape index (κ2) is 35.1. The number of fused-ring (bicyclic) bond motifs is 1. The van der Waals surface area contributed by atoms with Crippen LogP contribution in [-0.2, 0) is 58.8 Å². The molecule has 1 atom stereocenters. The van der Waals surface area contributed by atoms with Gasteiger partial charge in [-0.3, -0.25) is 24.2 Å². The van der Waals surface area contributed by atoms with E-state index in [1.165, 1.54) is 6.20 Å².